The van der Waals surface area contributed by atoms with Crippen molar-refractivity contribution in [3.05, 3.63) is 35.1 Å². The van der Waals surface area contributed by atoms with Gasteiger partial charge in [0.05, 0.1) is 0 Å². The van der Waals surface area contributed by atoms with E-state index in [0.717, 1.165) is 0 Å². The minimum atomic E-state index is -0.483. The van der Waals surface area contributed by atoms with Crippen LogP contribution in [0.1, 0.15) is 16.2 Å². The third-order valence-corrected chi connectivity index (χ3v) is 2.24. The van der Waals surface area contributed by atoms with Crippen LogP contribution in [0.3, 0.4) is 0 Å². The number of nitrogens with zero attached hydrogens (tertiary/aromatic N) is 3. The van der Waals surface area contributed by atoms with Crippen molar-refractivity contribution in [2.24, 2.45) is 0 Å². The molecule has 1 amide bonds. The first-order valence-corrected chi connectivity index (χ1v) is 5.31. The van der Waals surface area contributed by atoms with E-state index in [2.05, 4.69) is 20.4 Å². The van der Waals surface area contributed by atoms with Crippen molar-refractivity contribution in [2.45, 2.75) is 6.61 Å². The van der Waals surface area contributed by atoms with E-state index in [1.54, 1.807) is 0 Å². The van der Waals surface area contributed by atoms with Crippen molar-refractivity contribution in [2.75, 3.05) is 12.4 Å². The molecule has 0 saturated carbocycles. The van der Waals surface area contributed by atoms with Crippen LogP contribution in [-0.2, 0) is 11.3 Å². The number of anilines is 1. The summed E-state index contributed by atoms with van der Waals surface area (Å²) in [6.45, 7) is 0.242. The highest BCUT2D eigenvalue weighted by Crippen LogP contribution is 2.15. The standard InChI is InChI=1S/C10H9ClN4O3/c1-17-5-6-4-7(15-18-6)10(16)14-9-8(11)12-2-3-13-9/h2-4H,5H2,1H3,(H,13,14,16). The summed E-state index contributed by atoms with van der Waals surface area (Å²) in [4.78, 5) is 19.4. The van der Waals surface area contributed by atoms with Crippen LogP contribution in [0.5, 0.6) is 0 Å². The lowest BCUT2D eigenvalue weighted by Gasteiger charge is -2.01. The van der Waals surface area contributed by atoms with Crippen molar-refractivity contribution in [3.8, 4) is 0 Å². The number of hydrogen-bond acceptors (Lipinski definition) is 6. The van der Waals surface area contributed by atoms with Crippen LogP contribution < -0.4 is 5.32 Å². The summed E-state index contributed by atoms with van der Waals surface area (Å²) in [5.41, 5.74) is 0.115. The summed E-state index contributed by atoms with van der Waals surface area (Å²) in [7, 11) is 1.52. The van der Waals surface area contributed by atoms with E-state index >= 15 is 0 Å². The van der Waals surface area contributed by atoms with E-state index in [1.807, 2.05) is 0 Å². The molecule has 0 aliphatic carbocycles. The zero-order valence-corrected chi connectivity index (χ0v) is 10.1. The lowest BCUT2D eigenvalue weighted by Crippen LogP contribution is -2.13. The lowest BCUT2D eigenvalue weighted by atomic mass is 10.3. The van der Waals surface area contributed by atoms with E-state index in [4.69, 9.17) is 20.9 Å². The minimum Gasteiger partial charge on any atom is -0.377 e. The van der Waals surface area contributed by atoms with Crippen LogP contribution in [0.4, 0.5) is 5.82 Å². The predicted octanol–water partition coefficient (Wildman–Crippen LogP) is 1.52. The monoisotopic (exact) mass is 268 g/mol. The number of amides is 1. The van der Waals surface area contributed by atoms with Gasteiger partial charge in [-0.1, -0.05) is 16.8 Å². The average Bonchev–Trinajstić information content (AvgIpc) is 2.81. The first kappa shape index (κ1) is 12.5. The van der Waals surface area contributed by atoms with Gasteiger partial charge in [0, 0.05) is 25.6 Å². The molecule has 0 aromatic carbocycles. The number of nitrogens with one attached hydrogen (secondary N) is 1. The van der Waals surface area contributed by atoms with E-state index in [9.17, 15) is 4.79 Å². The topological polar surface area (TPSA) is 90.1 Å². The molecule has 18 heavy (non-hydrogen) atoms. The Balaban J connectivity index is 2.10. The van der Waals surface area contributed by atoms with Crippen LogP contribution in [0, 0.1) is 0 Å². The number of methoxy groups -OCH3 is 1. The van der Waals surface area contributed by atoms with Gasteiger partial charge in [-0.3, -0.25) is 4.79 Å². The zero-order valence-electron chi connectivity index (χ0n) is 9.38. The van der Waals surface area contributed by atoms with Gasteiger partial charge in [0.15, 0.2) is 22.4 Å². The number of carbonyl (C=O) groups excluding carboxylic acids is 1. The average molecular weight is 269 g/mol. The maximum atomic E-state index is 11.8. The Morgan fingerprint density at radius 1 is 1.50 bits per heavy atom. The van der Waals surface area contributed by atoms with Crippen molar-refractivity contribution >= 4 is 23.3 Å². The molecule has 0 bridgehead atoms. The number of halogens is 1. The predicted molar refractivity (Wildman–Crippen MR) is 62.2 cm³/mol. The zero-order chi connectivity index (χ0) is 13.0. The van der Waals surface area contributed by atoms with Crippen LogP contribution >= 0.6 is 11.6 Å². The van der Waals surface area contributed by atoms with Crippen molar-refractivity contribution in [1.82, 2.24) is 15.1 Å². The summed E-state index contributed by atoms with van der Waals surface area (Å²) in [6.07, 6.45) is 2.84. The number of hydrogen-bond donors (Lipinski definition) is 1. The van der Waals surface area contributed by atoms with Gasteiger partial charge in [0.2, 0.25) is 0 Å². The Kier molecular flexibility index (Phi) is 3.85. The van der Waals surface area contributed by atoms with Crippen molar-refractivity contribution in [1.29, 1.82) is 0 Å². The molecule has 7 nitrogen and oxygen atoms in total. The summed E-state index contributed by atoms with van der Waals surface area (Å²) in [5.74, 6) is 0.136. The van der Waals surface area contributed by atoms with Crippen LogP contribution in [0.25, 0.3) is 0 Å². The summed E-state index contributed by atoms with van der Waals surface area (Å²) >= 11 is 5.76. The SMILES string of the molecule is COCc1cc(C(=O)Nc2nccnc2Cl)no1. The number of ether oxygens (including phenoxy) is 1. The summed E-state index contributed by atoms with van der Waals surface area (Å²) < 4.78 is 9.74. The minimum absolute atomic E-state index is 0.103. The van der Waals surface area contributed by atoms with Gasteiger partial charge in [-0.25, -0.2) is 9.97 Å². The first-order chi connectivity index (χ1) is 8.70. The Hall–Kier alpha value is -1.99. The van der Waals surface area contributed by atoms with E-state index in [-0.39, 0.29) is 23.3 Å². The molecule has 0 aliphatic rings. The molecule has 94 valence electrons. The molecule has 8 heteroatoms. The molecule has 2 rings (SSSR count). The third kappa shape index (κ3) is 2.82. The fourth-order valence-corrected chi connectivity index (χ4v) is 1.36. The molecule has 0 aliphatic heterocycles. The number of aromatic nitrogens is 3. The normalized spacial score (nSPS) is 10.3. The van der Waals surface area contributed by atoms with Crippen molar-refractivity contribution < 1.29 is 14.1 Å². The molecule has 2 aromatic rings. The number of carbonyl (C=O) groups is 1. The third-order valence-electron chi connectivity index (χ3n) is 1.96. The highest BCUT2D eigenvalue weighted by Gasteiger charge is 2.14. The molecule has 0 saturated heterocycles. The summed E-state index contributed by atoms with van der Waals surface area (Å²) in [6, 6.07) is 1.48. The molecular formula is C10H9ClN4O3. The van der Waals surface area contributed by atoms with Gasteiger partial charge in [-0.2, -0.15) is 0 Å². The van der Waals surface area contributed by atoms with Gasteiger partial charge in [-0.15, -0.1) is 0 Å². The Morgan fingerprint density at radius 3 is 3.00 bits per heavy atom. The molecular weight excluding hydrogens is 260 g/mol. The molecule has 0 unspecified atom stereocenters. The first-order valence-electron chi connectivity index (χ1n) is 4.93. The highest BCUT2D eigenvalue weighted by molar-refractivity contribution is 6.32. The smallest absolute Gasteiger partial charge is 0.279 e. The van der Waals surface area contributed by atoms with Crippen LogP contribution in [0.2, 0.25) is 5.15 Å². The Labute approximate surface area is 107 Å². The van der Waals surface area contributed by atoms with Gasteiger partial charge in [0.25, 0.3) is 5.91 Å². The summed E-state index contributed by atoms with van der Waals surface area (Å²) in [5, 5.41) is 6.18. The largest absolute Gasteiger partial charge is 0.377 e. The van der Waals surface area contributed by atoms with E-state index < -0.39 is 5.91 Å². The molecule has 0 fully saturated rings. The quantitative estimate of drug-likeness (QED) is 0.904. The van der Waals surface area contributed by atoms with Crippen LogP contribution in [-0.4, -0.2) is 28.1 Å². The molecule has 2 aromatic heterocycles. The Morgan fingerprint density at radius 2 is 2.28 bits per heavy atom. The van der Waals surface area contributed by atoms with Gasteiger partial charge >= 0.3 is 0 Å². The molecule has 0 radical (unpaired) electrons. The van der Waals surface area contributed by atoms with Crippen LogP contribution in [0.15, 0.2) is 23.0 Å². The second-order valence-electron chi connectivity index (χ2n) is 3.26. The second kappa shape index (κ2) is 5.56. The second-order valence-corrected chi connectivity index (χ2v) is 3.62. The van der Waals surface area contributed by atoms with Gasteiger partial charge < -0.3 is 14.6 Å². The van der Waals surface area contributed by atoms with Gasteiger partial charge in [0.1, 0.15) is 6.61 Å². The van der Waals surface area contributed by atoms with Gasteiger partial charge in [-0.05, 0) is 0 Å². The van der Waals surface area contributed by atoms with Crippen molar-refractivity contribution in [3.63, 3.8) is 0 Å². The van der Waals surface area contributed by atoms with E-state index in [0.29, 0.717) is 5.76 Å². The lowest BCUT2D eigenvalue weighted by molar-refractivity contribution is 0.101. The fourth-order valence-electron chi connectivity index (χ4n) is 1.21. The maximum absolute atomic E-state index is 11.8. The molecule has 1 N–H and O–H groups in total. The molecule has 0 spiro atoms. The highest BCUT2D eigenvalue weighted by atomic mass is 35.5. The maximum Gasteiger partial charge on any atom is 0.279 e. The number of rotatable bonds is 4. The molecule has 0 atom stereocenters. The van der Waals surface area contributed by atoms with E-state index in [1.165, 1.54) is 25.6 Å². The Bertz CT molecular complexity index is 558. The molecule has 2 heterocycles. The fraction of sp³-hybridized carbons (Fsp3) is 0.200.